The molecule has 3 unspecified atom stereocenters. The van der Waals surface area contributed by atoms with Gasteiger partial charge in [0.2, 0.25) is 0 Å². The molecule has 0 spiro atoms. The van der Waals surface area contributed by atoms with Crippen molar-refractivity contribution in [1.82, 2.24) is 15.5 Å². The molecule has 0 aromatic rings. The Bertz CT molecular complexity index is 311. The highest BCUT2D eigenvalue weighted by Crippen LogP contribution is 2.27. The van der Waals surface area contributed by atoms with Crippen molar-refractivity contribution in [2.75, 3.05) is 32.4 Å². The van der Waals surface area contributed by atoms with Gasteiger partial charge >= 0.3 is 0 Å². The van der Waals surface area contributed by atoms with Gasteiger partial charge in [0.05, 0.1) is 6.54 Å². The van der Waals surface area contributed by atoms with Gasteiger partial charge in [-0.1, -0.05) is 13.8 Å². The molecular formula is C16H35IN4S. The Morgan fingerprint density at radius 3 is 2.45 bits per heavy atom. The van der Waals surface area contributed by atoms with E-state index in [1.807, 2.05) is 11.8 Å². The summed E-state index contributed by atoms with van der Waals surface area (Å²) in [5, 5.41) is 7.82. The molecule has 132 valence electrons. The molecule has 1 aliphatic carbocycles. The number of rotatable bonds is 8. The molecule has 4 nitrogen and oxygen atoms in total. The van der Waals surface area contributed by atoms with Gasteiger partial charge in [0, 0.05) is 23.9 Å². The maximum Gasteiger partial charge on any atom is 0.191 e. The lowest BCUT2D eigenvalue weighted by Gasteiger charge is -2.25. The van der Waals surface area contributed by atoms with Crippen molar-refractivity contribution in [2.45, 2.75) is 64.3 Å². The van der Waals surface area contributed by atoms with E-state index in [0.717, 1.165) is 37.4 Å². The molecule has 1 saturated carbocycles. The van der Waals surface area contributed by atoms with E-state index < -0.39 is 0 Å². The summed E-state index contributed by atoms with van der Waals surface area (Å²) in [6.07, 6.45) is 6.07. The lowest BCUT2D eigenvalue weighted by atomic mass is 10.2. The molecule has 0 heterocycles. The van der Waals surface area contributed by atoms with E-state index in [-0.39, 0.29) is 24.0 Å². The first-order valence-electron chi connectivity index (χ1n) is 8.46. The van der Waals surface area contributed by atoms with E-state index in [9.17, 15) is 0 Å². The summed E-state index contributed by atoms with van der Waals surface area (Å²) in [5.74, 6) is 0.989. The van der Waals surface area contributed by atoms with Gasteiger partial charge in [0.1, 0.15) is 0 Å². The maximum atomic E-state index is 4.79. The average molecular weight is 442 g/mol. The number of nitrogens with one attached hydrogen (secondary N) is 2. The summed E-state index contributed by atoms with van der Waals surface area (Å²) in [5.41, 5.74) is 0. The number of thioether (sulfide) groups is 1. The highest BCUT2D eigenvalue weighted by molar-refractivity contribution is 14.0. The van der Waals surface area contributed by atoms with Gasteiger partial charge < -0.3 is 10.6 Å². The van der Waals surface area contributed by atoms with E-state index >= 15 is 0 Å². The number of hydrogen-bond donors (Lipinski definition) is 2. The molecule has 0 aromatic carbocycles. The highest BCUT2D eigenvalue weighted by atomic mass is 127. The number of halogens is 1. The maximum absolute atomic E-state index is 4.79. The summed E-state index contributed by atoms with van der Waals surface area (Å²) in [4.78, 5) is 7.24. The molecule has 3 atom stereocenters. The van der Waals surface area contributed by atoms with Crippen LogP contribution in [0.2, 0.25) is 0 Å². The number of hydrogen-bond acceptors (Lipinski definition) is 3. The third-order valence-electron chi connectivity index (χ3n) is 4.35. The zero-order chi connectivity index (χ0) is 15.7. The largest absolute Gasteiger partial charge is 0.357 e. The van der Waals surface area contributed by atoms with Crippen LogP contribution in [0.5, 0.6) is 0 Å². The van der Waals surface area contributed by atoms with Crippen LogP contribution >= 0.6 is 35.7 Å². The minimum Gasteiger partial charge on any atom is -0.357 e. The first kappa shape index (κ1) is 22.3. The Hall–Kier alpha value is 0.310. The van der Waals surface area contributed by atoms with Crippen molar-refractivity contribution >= 4 is 41.7 Å². The molecule has 1 aliphatic rings. The summed E-state index contributed by atoms with van der Waals surface area (Å²) in [7, 11) is 0. The van der Waals surface area contributed by atoms with E-state index in [0.29, 0.717) is 12.1 Å². The molecule has 0 aromatic heterocycles. The van der Waals surface area contributed by atoms with Crippen molar-refractivity contribution in [2.24, 2.45) is 4.99 Å². The summed E-state index contributed by atoms with van der Waals surface area (Å²) < 4.78 is 0. The summed E-state index contributed by atoms with van der Waals surface area (Å²) >= 11 is 2.00. The fourth-order valence-corrected chi connectivity index (χ4v) is 3.78. The van der Waals surface area contributed by atoms with Crippen LogP contribution in [0, 0.1) is 0 Å². The molecule has 6 heteroatoms. The first-order valence-corrected chi connectivity index (χ1v) is 9.74. The number of guanidine groups is 1. The number of aliphatic imine (C=N–C) groups is 1. The third-order valence-corrected chi connectivity index (χ3v) is 5.45. The molecule has 1 rings (SSSR count). The fraction of sp³-hybridized carbons (Fsp3) is 0.938. The van der Waals surface area contributed by atoms with Crippen LogP contribution in [0.1, 0.15) is 47.0 Å². The molecule has 0 bridgehead atoms. The predicted molar refractivity (Wildman–Crippen MR) is 112 cm³/mol. The summed E-state index contributed by atoms with van der Waals surface area (Å²) in [6.45, 7) is 12.8. The highest BCUT2D eigenvalue weighted by Gasteiger charge is 2.24. The lowest BCUT2D eigenvalue weighted by Crippen LogP contribution is -2.43. The van der Waals surface area contributed by atoms with Crippen molar-refractivity contribution in [3.05, 3.63) is 0 Å². The molecule has 0 aliphatic heterocycles. The second-order valence-corrected chi connectivity index (χ2v) is 6.94. The SMILES string of the molecule is CCNC(=NCC(C)N(CC)CC)NC1CCC(SC)C1.I. The second-order valence-electron chi connectivity index (χ2n) is 5.80. The van der Waals surface area contributed by atoms with Gasteiger partial charge in [-0.15, -0.1) is 24.0 Å². The minimum atomic E-state index is 0. The van der Waals surface area contributed by atoms with E-state index in [1.165, 1.54) is 19.3 Å². The normalized spacial score (nSPS) is 23.3. The van der Waals surface area contributed by atoms with Gasteiger partial charge in [-0.3, -0.25) is 9.89 Å². The molecular weight excluding hydrogens is 407 g/mol. The van der Waals surface area contributed by atoms with Gasteiger partial charge in [-0.05, 0) is 52.5 Å². The molecule has 1 fully saturated rings. The van der Waals surface area contributed by atoms with Gasteiger partial charge in [-0.25, -0.2) is 0 Å². The second kappa shape index (κ2) is 12.7. The average Bonchev–Trinajstić information content (AvgIpc) is 2.94. The Morgan fingerprint density at radius 2 is 1.95 bits per heavy atom. The van der Waals surface area contributed by atoms with Crippen LogP contribution in [0.25, 0.3) is 0 Å². The molecule has 22 heavy (non-hydrogen) atoms. The molecule has 2 N–H and O–H groups in total. The van der Waals surface area contributed by atoms with Crippen LogP contribution in [-0.2, 0) is 0 Å². The van der Waals surface area contributed by atoms with Crippen LogP contribution in [0.4, 0.5) is 0 Å². The monoisotopic (exact) mass is 442 g/mol. The minimum absolute atomic E-state index is 0. The Balaban J connectivity index is 0.00000441. The number of nitrogens with zero attached hydrogens (tertiary/aromatic N) is 2. The van der Waals surface area contributed by atoms with Crippen LogP contribution in [-0.4, -0.2) is 60.6 Å². The zero-order valence-corrected chi connectivity index (χ0v) is 18.0. The Kier molecular flexibility index (Phi) is 12.9. The van der Waals surface area contributed by atoms with Gasteiger partial charge in [-0.2, -0.15) is 11.8 Å². The number of likely N-dealkylation sites (N-methyl/N-ethyl adjacent to an activating group) is 1. The topological polar surface area (TPSA) is 39.7 Å². The van der Waals surface area contributed by atoms with Gasteiger partial charge in [0.15, 0.2) is 5.96 Å². The first-order chi connectivity index (χ1) is 10.1. The van der Waals surface area contributed by atoms with E-state index in [1.54, 1.807) is 0 Å². The van der Waals surface area contributed by atoms with Crippen LogP contribution < -0.4 is 10.6 Å². The Morgan fingerprint density at radius 1 is 1.27 bits per heavy atom. The molecule has 0 radical (unpaired) electrons. The van der Waals surface area contributed by atoms with Crippen LogP contribution in [0.15, 0.2) is 4.99 Å². The third kappa shape index (κ3) is 7.73. The standard InChI is InChI=1S/C16H34N4S.HI/c1-6-17-16(18-12-13(4)20(7-2)8-3)19-14-9-10-15(11-14)21-5;/h13-15H,6-12H2,1-5H3,(H2,17,18,19);1H. The van der Waals surface area contributed by atoms with Gasteiger partial charge in [0.25, 0.3) is 0 Å². The molecule has 0 saturated heterocycles. The van der Waals surface area contributed by atoms with Crippen molar-refractivity contribution in [3.63, 3.8) is 0 Å². The van der Waals surface area contributed by atoms with Crippen molar-refractivity contribution < 1.29 is 0 Å². The predicted octanol–water partition coefficient (Wildman–Crippen LogP) is 3.17. The lowest BCUT2D eigenvalue weighted by molar-refractivity contribution is 0.237. The van der Waals surface area contributed by atoms with Crippen molar-refractivity contribution in [3.8, 4) is 0 Å². The van der Waals surface area contributed by atoms with Crippen molar-refractivity contribution in [1.29, 1.82) is 0 Å². The quantitative estimate of drug-likeness (QED) is 0.344. The van der Waals surface area contributed by atoms with E-state index in [4.69, 9.17) is 4.99 Å². The summed E-state index contributed by atoms with van der Waals surface area (Å²) in [6, 6.07) is 1.09. The fourth-order valence-electron chi connectivity index (χ4n) is 2.98. The zero-order valence-electron chi connectivity index (χ0n) is 14.9. The Labute approximate surface area is 158 Å². The smallest absolute Gasteiger partial charge is 0.191 e. The van der Waals surface area contributed by atoms with E-state index in [2.05, 4.69) is 49.5 Å². The van der Waals surface area contributed by atoms with Crippen LogP contribution in [0.3, 0.4) is 0 Å². The molecule has 0 amide bonds.